The van der Waals surface area contributed by atoms with Gasteiger partial charge in [0.1, 0.15) is 23.3 Å². The zero-order chi connectivity index (χ0) is 13.2. The molecule has 2 aromatic rings. The fourth-order valence-electron chi connectivity index (χ4n) is 3.03. The molecular formula is C16H19FO2. The first kappa shape index (κ1) is 12.7. The molecule has 19 heavy (non-hydrogen) atoms. The molecule has 1 fully saturated rings. The lowest BCUT2D eigenvalue weighted by atomic mass is 9.99. The fraction of sp³-hybridized carbons (Fsp3) is 0.500. The molecule has 102 valence electrons. The Morgan fingerprint density at radius 1 is 1.26 bits per heavy atom. The molecule has 1 aromatic carbocycles. The van der Waals surface area contributed by atoms with E-state index in [2.05, 4.69) is 0 Å². The number of furan rings is 1. The van der Waals surface area contributed by atoms with Crippen molar-refractivity contribution in [1.82, 2.24) is 0 Å². The average Bonchev–Trinajstić information content (AvgIpc) is 3.04. The Labute approximate surface area is 112 Å². The minimum absolute atomic E-state index is 0.278. The molecule has 0 amide bonds. The number of aliphatic hydroxyl groups excluding tert-OH is 1. The Morgan fingerprint density at radius 2 is 2.05 bits per heavy atom. The summed E-state index contributed by atoms with van der Waals surface area (Å²) in [4.78, 5) is 0. The van der Waals surface area contributed by atoms with E-state index in [1.165, 1.54) is 37.8 Å². The van der Waals surface area contributed by atoms with Gasteiger partial charge < -0.3 is 9.52 Å². The van der Waals surface area contributed by atoms with Crippen molar-refractivity contribution in [1.29, 1.82) is 0 Å². The van der Waals surface area contributed by atoms with E-state index in [9.17, 15) is 9.50 Å². The topological polar surface area (TPSA) is 33.4 Å². The minimum atomic E-state index is -0.573. The van der Waals surface area contributed by atoms with Crippen LogP contribution in [-0.4, -0.2) is 5.11 Å². The Hall–Kier alpha value is -1.35. The van der Waals surface area contributed by atoms with E-state index < -0.39 is 6.10 Å². The molecule has 1 unspecified atom stereocenters. The van der Waals surface area contributed by atoms with Gasteiger partial charge in [0.25, 0.3) is 0 Å². The van der Waals surface area contributed by atoms with Gasteiger partial charge in [0.15, 0.2) is 0 Å². The number of rotatable bonds is 4. The van der Waals surface area contributed by atoms with Crippen LogP contribution in [0.3, 0.4) is 0 Å². The Balaban J connectivity index is 1.68. The van der Waals surface area contributed by atoms with Crippen LogP contribution in [0.2, 0.25) is 0 Å². The van der Waals surface area contributed by atoms with Crippen molar-refractivity contribution in [3.63, 3.8) is 0 Å². The number of aliphatic hydroxyl groups is 1. The predicted molar refractivity (Wildman–Crippen MR) is 72.3 cm³/mol. The summed E-state index contributed by atoms with van der Waals surface area (Å²) in [5.41, 5.74) is 0.635. The van der Waals surface area contributed by atoms with Crippen LogP contribution in [0, 0.1) is 11.7 Å². The summed E-state index contributed by atoms with van der Waals surface area (Å²) in [6, 6.07) is 6.17. The zero-order valence-corrected chi connectivity index (χ0v) is 10.9. The van der Waals surface area contributed by atoms with Crippen LogP contribution in [0.1, 0.15) is 50.4 Å². The predicted octanol–water partition coefficient (Wildman–Crippen LogP) is 4.58. The molecule has 0 aliphatic heterocycles. The second-order valence-corrected chi connectivity index (χ2v) is 5.57. The first-order valence-corrected chi connectivity index (χ1v) is 7.09. The highest BCUT2D eigenvalue weighted by Gasteiger charge is 2.19. The van der Waals surface area contributed by atoms with Crippen LogP contribution in [0.25, 0.3) is 11.0 Å². The van der Waals surface area contributed by atoms with Crippen molar-refractivity contribution in [2.75, 3.05) is 0 Å². The second kappa shape index (κ2) is 5.33. The van der Waals surface area contributed by atoms with Crippen molar-refractivity contribution >= 4 is 11.0 Å². The molecule has 1 heterocycles. The first-order chi connectivity index (χ1) is 9.22. The standard InChI is InChI=1S/C16H19FO2/c17-13-6-8-15-12(9-13)10-16(19-15)14(18)7-5-11-3-1-2-4-11/h6,8-11,14,18H,1-5,7H2. The van der Waals surface area contributed by atoms with E-state index in [-0.39, 0.29) is 5.82 Å². The molecule has 1 atom stereocenters. The second-order valence-electron chi connectivity index (χ2n) is 5.57. The molecular weight excluding hydrogens is 243 g/mol. The van der Waals surface area contributed by atoms with Crippen LogP contribution >= 0.6 is 0 Å². The molecule has 0 bridgehead atoms. The molecule has 1 saturated carbocycles. The molecule has 1 aliphatic rings. The van der Waals surface area contributed by atoms with Crippen molar-refractivity contribution in [3.05, 3.63) is 35.8 Å². The van der Waals surface area contributed by atoms with Gasteiger partial charge in [0, 0.05) is 5.39 Å². The maximum Gasteiger partial charge on any atom is 0.134 e. The Kier molecular flexibility index (Phi) is 3.56. The van der Waals surface area contributed by atoms with Gasteiger partial charge in [-0.25, -0.2) is 4.39 Å². The molecule has 3 heteroatoms. The molecule has 3 rings (SSSR count). The summed E-state index contributed by atoms with van der Waals surface area (Å²) < 4.78 is 18.7. The number of fused-ring (bicyclic) bond motifs is 1. The maximum absolute atomic E-state index is 13.1. The highest BCUT2D eigenvalue weighted by Crippen LogP contribution is 2.33. The molecule has 0 saturated heterocycles. The third-order valence-corrected chi connectivity index (χ3v) is 4.15. The fourth-order valence-corrected chi connectivity index (χ4v) is 3.03. The normalized spacial score (nSPS) is 18.2. The SMILES string of the molecule is OC(CCC1CCCC1)c1cc2cc(F)ccc2o1. The van der Waals surface area contributed by atoms with Gasteiger partial charge in [0.05, 0.1) is 0 Å². The molecule has 1 aromatic heterocycles. The molecule has 0 spiro atoms. The molecule has 1 aliphatic carbocycles. The lowest BCUT2D eigenvalue weighted by molar-refractivity contribution is 0.133. The van der Waals surface area contributed by atoms with Crippen LogP contribution in [0.4, 0.5) is 4.39 Å². The summed E-state index contributed by atoms with van der Waals surface area (Å²) in [5.74, 6) is 1.04. The number of benzene rings is 1. The Bertz CT molecular complexity index is 555. The number of hydrogen-bond acceptors (Lipinski definition) is 2. The highest BCUT2D eigenvalue weighted by atomic mass is 19.1. The van der Waals surface area contributed by atoms with E-state index >= 15 is 0 Å². The van der Waals surface area contributed by atoms with Crippen molar-refractivity contribution in [3.8, 4) is 0 Å². The molecule has 2 nitrogen and oxygen atoms in total. The molecule has 0 radical (unpaired) electrons. The lowest BCUT2D eigenvalue weighted by Gasteiger charge is -2.11. The minimum Gasteiger partial charge on any atom is -0.458 e. The van der Waals surface area contributed by atoms with Gasteiger partial charge in [-0.2, -0.15) is 0 Å². The van der Waals surface area contributed by atoms with E-state index in [4.69, 9.17) is 4.42 Å². The highest BCUT2D eigenvalue weighted by molar-refractivity contribution is 5.77. The van der Waals surface area contributed by atoms with Gasteiger partial charge in [-0.05, 0) is 43.0 Å². The molecule has 1 N–H and O–H groups in total. The van der Waals surface area contributed by atoms with E-state index in [0.29, 0.717) is 11.3 Å². The summed E-state index contributed by atoms with van der Waals surface area (Å²) in [6.45, 7) is 0. The van der Waals surface area contributed by atoms with Gasteiger partial charge >= 0.3 is 0 Å². The number of halogens is 1. The summed E-state index contributed by atoms with van der Waals surface area (Å²) in [5, 5.41) is 10.9. The van der Waals surface area contributed by atoms with Crippen LogP contribution < -0.4 is 0 Å². The summed E-state index contributed by atoms with van der Waals surface area (Å²) in [7, 11) is 0. The van der Waals surface area contributed by atoms with Crippen molar-refractivity contribution in [2.45, 2.75) is 44.6 Å². The lowest BCUT2D eigenvalue weighted by Crippen LogP contribution is -2.00. The van der Waals surface area contributed by atoms with Crippen LogP contribution in [0.15, 0.2) is 28.7 Å². The third kappa shape index (κ3) is 2.81. The van der Waals surface area contributed by atoms with Crippen LogP contribution in [0.5, 0.6) is 0 Å². The smallest absolute Gasteiger partial charge is 0.134 e. The van der Waals surface area contributed by atoms with E-state index in [1.54, 1.807) is 12.1 Å². The maximum atomic E-state index is 13.1. The zero-order valence-electron chi connectivity index (χ0n) is 10.9. The monoisotopic (exact) mass is 262 g/mol. The first-order valence-electron chi connectivity index (χ1n) is 7.09. The number of hydrogen-bond donors (Lipinski definition) is 1. The Morgan fingerprint density at radius 3 is 2.84 bits per heavy atom. The largest absolute Gasteiger partial charge is 0.458 e. The van der Waals surface area contributed by atoms with Gasteiger partial charge in [-0.3, -0.25) is 0 Å². The van der Waals surface area contributed by atoms with Crippen molar-refractivity contribution < 1.29 is 13.9 Å². The van der Waals surface area contributed by atoms with Crippen LogP contribution in [-0.2, 0) is 0 Å². The van der Waals surface area contributed by atoms with E-state index in [0.717, 1.165) is 24.1 Å². The van der Waals surface area contributed by atoms with Gasteiger partial charge in [-0.1, -0.05) is 25.7 Å². The average molecular weight is 262 g/mol. The van der Waals surface area contributed by atoms with Gasteiger partial charge in [-0.15, -0.1) is 0 Å². The van der Waals surface area contributed by atoms with E-state index in [1.807, 2.05) is 0 Å². The van der Waals surface area contributed by atoms with Gasteiger partial charge in [0.2, 0.25) is 0 Å². The summed E-state index contributed by atoms with van der Waals surface area (Å²) in [6.07, 6.45) is 6.43. The summed E-state index contributed by atoms with van der Waals surface area (Å²) >= 11 is 0. The third-order valence-electron chi connectivity index (χ3n) is 4.15. The van der Waals surface area contributed by atoms with Crippen molar-refractivity contribution in [2.24, 2.45) is 5.92 Å². The quantitative estimate of drug-likeness (QED) is 0.875.